The fraction of sp³-hybridized carbons (Fsp3) is 0.0333. The second-order valence-electron chi connectivity index (χ2n) is 8.21. The quantitative estimate of drug-likeness (QED) is 0.122. The molecule has 0 aliphatic carbocycles. The zero-order valence-corrected chi connectivity index (χ0v) is 22.6. The minimum atomic E-state index is -0.597. The maximum Gasteiger partial charge on any atom is 0.272 e. The third-order valence-electron chi connectivity index (χ3n) is 5.45. The summed E-state index contributed by atoms with van der Waals surface area (Å²) in [4.78, 5) is 39.4. The van der Waals surface area contributed by atoms with E-state index in [0.29, 0.717) is 32.4 Å². The second-order valence-corrected chi connectivity index (χ2v) is 10.1. The fourth-order valence-corrected chi connectivity index (χ4v) is 4.82. The number of ketones is 1. The van der Waals surface area contributed by atoms with Gasteiger partial charge in [-0.25, -0.2) is 4.39 Å². The van der Waals surface area contributed by atoms with Crippen LogP contribution in [-0.4, -0.2) is 23.4 Å². The van der Waals surface area contributed by atoms with Crippen molar-refractivity contribution in [2.24, 2.45) is 0 Å². The van der Waals surface area contributed by atoms with E-state index >= 15 is 0 Å². The summed E-state index contributed by atoms with van der Waals surface area (Å²) in [5.74, 6) is -1.51. The first-order valence-corrected chi connectivity index (χ1v) is 13.4. The molecule has 2 N–H and O–H groups in total. The Hall–Kier alpha value is -3.91. The molecule has 4 aromatic rings. The molecular weight excluding hydrogens is 558 g/mol. The number of carbonyl (C=O) groups excluding carboxylic acids is 3. The number of anilines is 1. The number of hydrogen-bond donors (Lipinski definition) is 2. The maximum atomic E-state index is 13.3. The van der Waals surface area contributed by atoms with Gasteiger partial charge in [0.25, 0.3) is 11.8 Å². The van der Waals surface area contributed by atoms with E-state index in [2.05, 4.69) is 10.6 Å². The van der Waals surface area contributed by atoms with Crippen LogP contribution in [0.3, 0.4) is 0 Å². The van der Waals surface area contributed by atoms with Gasteiger partial charge in [-0.05, 0) is 72.8 Å². The van der Waals surface area contributed by atoms with Crippen molar-refractivity contribution in [3.05, 3.63) is 135 Å². The van der Waals surface area contributed by atoms with Crippen LogP contribution in [0.4, 0.5) is 10.1 Å². The first kappa shape index (κ1) is 28.1. The minimum Gasteiger partial charge on any atom is -0.321 e. The predicted octanol–water partition coefficient (Wildman–Crippen LogP) is 7.52. The highest BCUT2D eigenvalue weighted by Crippen LogP contribution is 2.27. The van der Waals surface area contributed by atoms with Gasteiger partial charge in [0, 0.05) is 37.3 Å². The van der Waals surface area contributed by atoms with E-state index < -0.39 is 17.6 Å². The Bertz CT molecular complexity index is 1520. The van der Waals surface area contributed by atoms with Crippen molar-refractivity contribution in [2.45, 2.75) is 4.90 Å². The van der Waals surface area contributed by atoms with Gasteiger partial charge in [0.1, 0.15) is 11.5 Å². The molecule has 0 aromatic heterocycles. The summed E-state index contributed by atoms with van der Waals surface area (Å²) >= 11 is 13.9. The molecule has 0 aliphatic heterocycles. The standard InChI is InChI=1S/C30H21Cl2FN2O3S/c31-25-10-5-11-26(32)24(25)17-27(35-29(37)20-6-2-1-3-7-20)30(38)34-22-8-4-9-23(16-22)39-18-28(36)19-12-14-21(33)15-13-19/h1-17H,18H2,(H,34,38)(H,35,37)/b27-17-. The molecule has 0 unspecified atom stereocenters. The van der Waals surface area contributed by atoms with Crippen molar-refractivity contribution in [3.63, 3.8) is 0 Å². The number of carbonyl (C=O) groups is 3. The number of amides is 2. The van der Waals surface area contributed by atoms with Crippen LogP contribution in [0, 0.1) is 5.82 Å². The summed E-state index contributed by atoms with van der Waals surface area (Å²) in [6.45, 7) is 0. The molecule has 0 aliphatic rings. The molecule has 4 rings (SSSR count). The summed E-state index contributed by atoms with van der Waals surface area (Å²) in [6.07, 6.45) is 1.42. The molecule has 39 heavy (non-hydrogen) atoms. The lowest BCUT2D eigenvalue weighted by Gasteiger charge is -2.13. The Balaban J connectivity index is 1.52. The third kappa shape index (κ3) is 7.80. The lowest BCUT2D eigenvalue weighted by molar-refractivity contribution is -0.113. The van der Waals surface area contributed by atoms with Crippen LogP contribution in [0.15, 0.2) is 108 Å². The molecule has 0 radical (unpaired) electrons. The molecular formula is C30H21Cl2FN2O3S. The van der Waals surface area contributed by atoms with Crippen LogP contribution in [0.5, 0.6) is 0 Å². The molecule has 5 nitrogen and oxygen atoms in total. The zero-order valence-electron chi connectivity index (χ0n) is 20.3. The normalized spacial score (nSPS) is 11.1. The molecule has 0 saturated heterocycles. The van der Waals surface area contributed by atoms with Crippen molar-refractivity contribution in [1.29, 1.82) is 0 Å². The largest absolute Gasteiger partial charge is 0.321 e. The van der Waals surface area contributed by atoms with E-state index in [4.69, 9.17) is 23.2 Å². The molecule has 0 bridgehead atoms. The Morgan fingerprint density at radius 3 is 2.15 bits per heavy atom. The SMILES string of the molecule is O=C(Nc1cccc(SCC(=O)c2ccc(F)cc2)c1)/C(=C/c1c(Cl)cccc1Cl)NC(=O)c1ccccc1. The highest BCUT2D eigenvalue weighted by molar-refractivity contribution is 8.00. The lowest BCUT2D eigenvalue weighted by atomic mass is 10.1. The van der Waals surface area contributed by atoms with Gasteiger partial charge in [-0.15, -0.1) is 11.8 Å². The van der Waals surface area contributed by atoms with Crippen molar-refractivity contribution >= 4 is 64.3 Å². The smallest absolute Gasteiger partial charge is 0.272 e. The van der Waals surface area contributed by atoms with Crippen molar-refractivity contribution in [3.8, 4) is 0 Å². The van der Waals surface area contributed by atoms with Crippen LogP contribution in [-0.2, 0) is 4.79 Å². The molecule has 2 amide bonds. The van der Waals surface area contributed by atoms with Crippen molar-refractivity contribution in [1.82, 2.24) is 5.32 Å². The van der Waals surface area contributed by atoms with Crippen LogP contribution < -0.4 is 10.6 Å². The first-order chi connectivity index (χ1) is 18.8. The summed E-state index contributed by atoms with van der Waals surface area (Å²) in [6, 6.07) is 25.7. The van der Waals surface area contributed by atoms with Gasteiger partial charge >= 0.3 is 0 Å². The van der Waals surface area contributed by atoms with Crippen molar-refractivity contribution in [2.75, 3.05) is 11.1 Å². The zero-order chi connectivity index (χ0) is 27.8. The Labute approximate surface area is 239 Å². The van der Waals surface area contributed by atoms with Gasteiger partial charge in [-0.3, -0.25) is 14.4 Å². The maximum absolute atomic E-state index is 13.3. The van der Waals surface area contributed by atoms with E-state index in [1.54, 1.807) is 72.8 Å². The van der Waals surface area contributed by atoms with Gasteiger partial charge in [0.05, 0.1) is 5.75 Å². The topological polar surface area (TPSA) is 75.3 Å². The molecule has 9 heteroatoms. The monoisotopic (exact) mass is 578 g/mol. The van der Waals surface area contributed by atoms with Gasteiger partial charge in [-0.1, -0.05) is 53.5 Å². The van der Waals surface area contributed by atoms with Crippen LogP contribution in [0.2, 0.25) is 10.0 Å². The van der Waals surface area contributed by atoms with E-state index in [9.17, 15) is 18.8 Å². The van der Waals surface area contributed by atoms with Gasteiger partial charge in [0.15, 0.2) is 5.78 Å². The van der Waals surface area contributed by atoms with Gasteiger partial charge < -0.3 is 10.6 Å². The van der Waals surface area contributed by atoms with E-state index in [-0.39, 0.29) is 17.2 Å². The Morgan fingerprint density at radius 2 is 1.46 bits per heavy atom. The average Bonchev–Trinajstić information content (AvgIpc) is 2.94. The molecule has 4 aromatic carbocycles. The molecule has 196 valence electrons. The number of rotatable bonds is 9. The summed E-state index contributed by atoms with van der Waals surface area (Å²) in [7, 11) is 0. The van der Waals surface area contributed by atoms with Crippen LogP contribution in [0.25, 0.3) is 6.08 Å². The van der Waals surface area contributed by atoms with Crippen molar-refractivity contribution < 1.29 is 18.8 Å². The molecule has 0 fully saturated rings. The van der Waals surface area contributed by atoms with Gasteiger partial charge in [0.2, 0.25) is 0 Å². The average molecular weight is 579 g/mol. The number of benzene rings is 4. The minimum absolute atomic E-state index is 0.0663. The molecule has 0 spiro atoms. The Morgan fingerprint density at radius 1 is 0.795 bits per heavy atom. The number of Topliss-reactive ketones (excluding diaryl/α,β-unsaturated/α-hetero) is 1. The highest BCUT2D eigenvalue weighted by Gasteiger charge is 2.17. The number of hydrogen-bond acceptors (Lipinski definition) is 4. The molecule has 0 saturated carbocycles. The summed E-state index contributed by atoms with van der Waals surface area (Å²) < 4.78 is 13.1. The first-order valence-electron chi connectivity index (χ1n) is 11.7. The van der Waals surface area contributed by atoms with Gasteiger partial charge in [-0.2, -0.15) is 0 Å². The lowest BCUT2D eigenvalue weighted by Crippen LogP contribution is -2.30. The second kappa shape index (κ2) is 13.2. The highest BCUT2D eigenvalue weighted by atomic mass is 35.5. The number of halogens is 3. The summed E-state index contributed by atoms with van der Waals surface area (Å²) in [5.41, 5.74) is 1.54. The fourth-order valence-electron chi connectivity index (χ4n) is 3.47. The Kier molecular flexibility index (Phi) is 9.54. The number of thioether (sulfide) groups is 1. The van der Waals surface area contributed by atoms with E-state index in [1.807, 2.05) is 0 Å². The third-order valence-corrected chi connectivity index (χ3v) is 7.10. The van der Waals surface area contributed by atoms with Crippen LogP contribution >= 0.6 is 35.0 Å². The molecule has 0 atom stereocenters. The van der Waals surface area contributed by atoms with E-state index in [1.165, 1.54) is 42.1 Å². The predicted molar refractivity (Wildman–Crippen MR) is 155 cm³/mol. The van der Waals surface area contributed by atoms with E-state index in [0.717, 1.165) is 4.90 Å². The van der Waals surface area contributed by atoms with Crippen LogP contribution in [0.1, 0.15) is 26.3 Å². The summed E-state index contributed by atoms with van der Waals surface area (Å²) in [5, 5.41) is 6.05. The molecule has 0 heterocycles. The number of nitrogens with one attached hydrogen (secondary N) is 2.